The third-order valence-corrected chi connectivity index (χ3v) is 3.67. The van der Waals surface area contributed by atoms with Gasteiger partial charge in [0.05, 0.1) is 30.3 Å². The van der Waals surface area contributed by atoms with Crippen LogP contribution in [-0.4, -0.2) is 29.4 Å². The number of aryl methyl sites for hydroxylation is 1. The monoisotopic (exact) mass is 325 g/mol. The Balaban J connectivity index is 1.89. The Labute approximate surface area is 140 Å². The highest BCUT2D eigenvalue weighted by Crippen LogP contribution is 2.27. The molecule has 1 N–H and O–H groups in total. The van der Waals surface area contributed by atoms with Gasteiger partial charge in [0.1, 0.15) is 5.75 Å². The molecule has 6 nitrogen and oxygen atoms in total. The van der Waals surface area contributed by atoms with E-state index in [1.807, 2.05) is 37.3 Å². The number of nitrogens with one attached hydrogen (secondary N) is 1. The fraction of sp³-hybridized carbons (Fsp3) is 0.222. The number of methoxy groups -OCH3 is 1. The Hall–Kier alpha value is -3.02. The van der Waals surface area contributed by atoms with Crippen LogP contribution in [0.2, 0.25) is 0 Å². The van der Waals surface area contributed by atoms with Gasteiger partial charge in [-0.15, -0.1) is 0 Å². The maximum absolute atomic E-state index is 12.5. The molecular weight excluding hydrogens is 306 g/mol. The molecule has 0 saturated heterocycles. The van der Waals surface area contributed by atoms with Gasteiger partial charge in [-0.25, -0.2) is 4.68 Å². The minimum absolute atomic E-state index is 0.214. The van der Waals surface area contributed by atoms with Crippen molar-refractivity contribution in [3.63, 3.8) is 0 Å². The van der Waals surface area contributed by atoms with E-state index in [2.05, 4.69) is 10.4 Å². The molecule has 0 bridgehead atoms. The summed E-state index contributed by atoms with van der Waals surface area (Å²) in [5.74, 6) is 1.10. The summed E-state index contributed by atoms with van der Waals surface area (Å²) in [7, 11) is 3.40. The maximum atomic E-state index is 12.5. The molecule has 0 atom stereocenters. The summed E-state index contributed by atoms with van der Waals surface area (Å²) in [4.78, 5) is 12.5. The molecule has 0 aliphatic carbocycles. The SMILES string of the molecule is CCOc1ccccc1NC(=O)c1ccc2c(OC)n(C)nc2c1. The molecule has 6 heteroatoms. The molecule has 1 heterocycles. The number of ether oxygens (including phenoxy) is 2. The Kier molecular flexibility index (Phi) is 4.37. The van der Waals surface area contributed by atoms with E-state index in [1.54, 1.807) is 31.0 Å². The van der Waals surface area contributed by atoms with Crippen molar-refractivity contribution in [3.8, 4) is 11.6 Å². The van der Waals surface area contributed by atoms with Crippen LogP contribution >= 0.6 is 0 Å². The summed E-state index contributed by atoms with van der Waals surface area (Å²) < 4.78 is 12.5. The Morgan fingerprint density at radius 2 is 2.04 bits per heavy atom. The lowest BCUT2D eigenvalue weighted by Gasteiger charge is -2.11. The molecule has 3 aromatic rings. The van der Waals surface area contributed by atoms with E-state index < -0.39 is 0 Å². The number of anilines is 1. The minimum Gasteiger partial charge on any atom is -0.492 e. The molecule has 2 aromatic carbocycles. The molecule has 0 unspecified atom stereocenters. The summed E-state index contributed by atoms with van der Waals surface area (Å²) in [6.07, 6.45) is 0. The van der Waals surface area contributed by atoms with Crippen LogP contribution in [0, 0.1) is 0 Å². The largest absolute Gasteiger partial charge is 0.492 e. The number of fused-ring (bicyclic) bond motifs is 1. The van der Waals surface area contributed by atoms with Gasteiger partial charge in [0, 0.05) is 12.6 Å². The van der Waals surface area contributed by atoms with E-state index in [0.29, 0.717) is 35.0 Å². The lowest BCUT2D eigenvalue weighted by molar-refractivity contribution is 0.102. The Bertz CT molecular complexity index is 886. The van der Waals surface area contributed by atoms with Crippen molar-refractivity contribution in [2.24, 2.45) is 7.05 Å². The van der Waals surface area contributed by atoms with Crippen LogP contribution in [0.15, 0.2) is 42.5 Å². The first kappa shape index (κ1) is 15.9. The number of benzene rings is 2. The summed E-state index contributed by atoms with van der Waals surface area (Å²) >= 11 is 0. The maximum Gasteiger partial charge on any atom is 0.255 e. The zero-order valence-electron chi connectivity index (χ0n) is 13.9. The van der Waals surface area contributed by atoms with Gasteiger partial charge in [-0.3, -0.25) is 4.79 Å². The number of carbonyl (C=O) groups excluding carboxylic acids is 1. The highest BCUT2D eigenvalue weighted by atomic mass is 16.5. The van der Waals surface area contributed by atoms with Crippen LogP contribution in [0.5, 0.6) is 11.6 Å². The number of hydrogen-bond donors (Lipinski definition) is 1. The molecule has 24 heavy (non-hydrogen) atoms. The Morgan fingerprint density at radius 1 is 1.25 bits per heavy atom. The fourth-order valence-corrected chi connectivity index (χ4v) is 2.61. The minimum atomic E-state index is -0.214. The molecule has 3 rings (SSSR count). The number of amides is 1. The van der Waals surface area contributed by atoms with Crippen molar-refractivity contribution in [2.45, 2.75) is 6.92 Å². The van der Waals surface area contributed by atoms with Gasteiger partial charge in [0.2, 0.25) is 5.88 Å². The average molecular weight is 325 g/mol. The number of hydrogen-bond acceptors (Lipinski definition) is 4. The second-order valence-electron chi connectivity index (χ2n) is 5.25. The standard InChI is InChI=1S/C18H19N3O3/c1-4-24-16-8-6-5-7-14(16)19-17(22)12-9-10-13-15(11-12)20-21(2)18(13)23-3/h5-11H,4H2,1-3H3,(H,19,22). The molecule has 0 aliphatic heterocycles. The fourth-order valence-electron chi connectivity index (χ4n) is 2.61. The first-order chi connectivity index (χ1) is 11.6. The first-order valence-corrected chi connectivity index (χ1v) is 7.68. The molecule has 0 fully saturated rings. The van der Waals surface area contributed by atoms with E-state index in [-0.39, 0.29) is 5.91 Å². The van der Waals surface area contributed by atoms with Crippen molar-refractivity contribution in [1.82, 2.24) is 9.78 Å². The van der Waals surface area contributed by atoms with E-state index >= 15 is 0 Å². The van der Waals surface area contributed by atoms with Crippen molar-refractivity contribution >= 4 is 22.5 Å². The van der Waals surface area contributed by atoms with Gasteiger partial charge < -0.3 is 14.8 Å². The second-order valence-corrected chi connectivity index (χ2v) is 5.25. The van der Waals surface area contributed by atoms with Crippen LogP contribution in [-0.2, 0) is 7.05 Å². The van der Waals surface area contributed by atoms with Crippen molar-refractivity contribution in [2.75, 3.05) is 19.0 Å². The van der Waals surface area contributed by atoms with Crippen molar-refractivity contribution in [3.05, 3.63) is 48.0 Å². The van der Waals surface area contributed by atoms with E-state index in [1.165, 1.54) is 0 Å². The van der Waals surface area contributed by atoms with Crippen LogP contribution in [0.3, 0.4) is 0 Å². The lowest BCUT2D eigenvalue weighted by Crippen LogP contribution is -2.12. The number of aromatic nitrogens is 2. The lowest BCUT2D eigenvalue weighted by atomic mass is 10.1. The van der Waals surface area contributed by atoms with Gasteiger partial charge >= 0.3 is 0 Å². The van der Waals surface area contributed by atoms with Crippen LogP contribution in [0.1, 0.15) is 17.3 Å². The van der Waals surface area contributed by atoms with Gasteiger partial charge in [0.25, 0.3) is 5.91 Å². The van der Waals surface area contributed by atoms with Gasteiger partial charge in [0.15, 0.2) is 0 Å². The number of rotatable bonds is 5. The molecule has 0 spiro atoms. The molecule has 0 radical (unpaired) electrons. The quantitative estimate of drug-likeness (QED) is 0.782. The molecular formula is C18H19N3O3. The average Bonchev–Trinajstić information content (AvgIpc) is 2.90. The molecule has 0 aliphatic rings. The van der Waals surface area contributed by atoms with Crippen LogP contribution < -0.4 is 14.8 Å². The zero-order chi connectivity index (χ0) is 17.1. The van der Waals surface area contributed by atoms with Gasteiger partial charge in [-0.1, -0.05) is 12.1 Å². The van der Waals surface area contributed by atoms with E-state index in [0.717, 1.165) is 5.39 Å². The van der Waals surface area contributed by atoms with Crippen LogP contribution in [0.4, 0.5) is 5.69 Å². The zero-order valence-corrected chi connectivity index (χ0v) is 13.9. The molecule has 0 saturated carbocycles. The predicted molar refractivity (Wildman–Crippen MR) is 92.8 cm³/mol. The van der Waals surface area contributed by atoms with Crippen molar-refractivity contribution in [1.29, 1.82) is 0 Å². The second kappa shape index (κ2) is 6.62. The highest BCUT2D eigenvalue weighted by molar-refractivity contribution is 6.07. The summed E-state index contributed by atoms with van der Waals surface area (Å²) in [5.41, 5.74) is 1.87. The number of nitrogens with zero attached hydrogens (tertiary/aromatic N) is 2. The smallest absolute Gasteiger partial charge is 0.255 e. The highest BCUT2D eigenvalue weighted by Gasteiger charge is 2.14. The van der Waals surface area contributed by atoms with E-state index in [4.69, 9.17) is 9.47 Å². The first-order valence-electron chi connectivity index (χ1n) is 7.68. The molecule has 124 valence electrons. The Morgan fingerprint density at radius 3 is 2.79 bits per heavy atom. The number of para-hydroxylation sites is 2. The van der Waals surface area contributed by atoms with Crippen LogP contribution in [0.25, 0.3) is 10.9 Å². The summed E-state index contributed by atoms with van der Waals surface area (Å²) in [5, 5.41) is 8.12. The predicted octanol–water partition coefficient (Wildman–Crippen LogP) is 3.23. The normalized spacial score (nSPS) is 10.6. The van der Waals surface area contributed by atoms with Gasteiger partial charge in [-0.2, -0.15) is 5.10 Å². The summed E-state index contributed by atoms with van der Waals surface area (Å²) in [6, 6.07) is 12.7. The molecule has 1 aromatic heterocycles. The topological polar surface area (TPSA) is 65.4 Å². The molecule has 1 amide bonds. The summed E-state index contributed by atoms with van der Waals surface area (Å²) in [6.45, 7) is 2.44. The van der Waals surface area contributed by atoms with E-state index in [9.17, 15) is 4.79 Å². The number of carbonyl (C=O) groups is 1. The van der Waals surface area contributed by atoms with Gasteiger partial charge in [-0.05, 0) is 37.3 Å². The third kappa shape index (κ3) is 2.90. The third-order valence-electron chi connectivity index (χ3n) is 3.67. The van der Waals surface area contributed by atoms with Crippen molar-refractivity contribution < 1.29 is 14.3 Å².